The summed E-state index contributed by atoms with van der Waals surface area (Å²) in [5.41, 5.74) is 2.45. The van der Waals surface area contributed by atoms with Crippen LogP contribution >= 0.6 is 11.5 Å². The van der Waals surface area contributed by atoms with Gasteiger partial charge in [-0.2, -0.15) is 0 Å². The summed E-state index contributed by atoms with van der Waals surface area (Å²) in [7, 11) is 0. The number of carbonyl (C=O) groups excluding carboxylic acids is 1. The van der Waals surface area contributed by atoms with Crippen LogP contribution < -0.4 is 5.32 Å². The Labute approximate surface area is 120 Å². The van der Waals surface area contributed by atoms with Crippen LogP contribution in [0.1, 0.15) is 27.2 Å². The molecular weight excluding hydrogens is 274 g/mol. The SMILES string of the molecule is Cc1ccc(C#CCCO)cc1NC(=O)c1cnns1. The molecular formula is C14H13N3O2S. The van der Waals surface area contributed by atoms with E-state index in [1.807, 2.05) is 25.1 Å². The van der Waals surface area contributed by atoms with Gasteiger partial charge in [-0.3, -0.25) is 4.79 Å². The molecule has 0 spiro atoms. The predicted molar refractivity (Wildman–Crippen MR) is 77.6 cm³/mol. The summed E-state index contributed by atoms with van der Waals surface area (Å²) in [6.07, 6.45) is 1.86. The van der Waals surface area contributed by atoms with E-state index in [1.165, 1.54) is 6.20 Å². The average Bonchev–Trinajstić information content (AvgIpc) is 2.97. The van der Waals surface area contributed by atoms with Crippen molar-refractivity contribution < 1.29 is 9.90 Å². The molecule has 0 radical (unpaired) electrons. The number of aliphatic hydroxyl groups is 1. The fourth-order valence-electron chi connectivity index (χ4n) is 1.51. The number of carbonyl (C=O) groups is 1. The van der Waals surface area contributed by atoms with E-state index in [1.54, 1.807) is 0 Å². The lowest BCUT2D eigenvalue weighted by Crippen LogP contribution is -2.11. The number of aryl methyl sites for hydroxylation is 1. The van der Waals surface area contributed by atoms with Gasteiger partial charge in [-0.05, 0) is 36.2 Å². The second kappa shape index (κ2) is 6.80. The smallest absolute Gasteiger partial charge is 0.269 e. The highest BCUT2D eigenvalue weighted by Gasteiger charge is 2.10. The molecule has 0 fully saturated rings. The molecule has 1 amide bonds. The minimum atomic E-state index is -0.233. The number of nitrogens with one attached hydrogen (secondary N) is 1. The van der Waals surface area contributed by atoms with Gasteiger partial charge >= 0.3 is 0 Å². The van der Waals surface area contributed by atoms with Crippen molar-refractivity contribution in [3.8, 4) is 11.8 Å². The Morgan fingerprint density at radius 1 is 1.50 bits per heavy atom. The van der Waals surface area contributed by atoms with Crippen molar-refractivity contribution in [2.24, 2.45) is 0 Å². The second-order valence-electron chi connectivity index (χ2n) is 4.04. The van der Waals surface area contributed by atoms with Crippen LogP contribution in [0, 0.1) is 18.8 Å². The van der Waals surface area contributed by atoms with Crippen molar-refractivity contribution in [3.63, 3.8) is 0 Å². The van der Waals surface area contributed by atoms with Gasteiger partial charge in [-0.15, -0.1) is 5.10 Å². The normalized spacial score (nSPS) is 9.70. The van der Waals surface area contributed by atoms with Gasteiger partial charge in [0.25, 0.3) is 5.91 Å². The summed E-state index contributed by atoms with van der Waals surface area (Å²) in [4.78, 5) is 12.4. The van der Waals surface area contributed by atoms with Gasteiger partial charge < -0.3 is 10.4 Å². The molecule has 1 aromatic carbocycles. The van der Waals surface area contributed by atoms with E-state index >= 15 is 0 Å². The first kappa shape index (κ1) is 14.2. The molecule has 0 aliphatic heterocycles. The van der Waals surface area contributed by atoms with Gasteiger partial charge in [0.15, 0.2) is 0 Å². The molecule has 1 aromatic heterocycles. The minimum Gasteiger partial charge on any atom is -0.395 e. The number of hydrogen-bond acceptors (Lipinski definition) is 5. The van der Waals surface area contributed by atoms with Gasteiger partial charge in [0, 0.05) is 17.7 Å². The monoisotopic (exact) mass is 287 g/mol. The largest absolute Gasteiger partial charge is 0.395 e. The number of benzene rings is 1. The van der Waals surface area contributed by atoms with Crippen molar-refractivity contribution in [3.05, 3.63) is 40.4 Å². The van der Waals surface area contributed by atoms with Crippen LogP contribution in [-0.4, -0.2) is 27.2 Å². The van der Waals surface area contributed by atoms with Crippen LogP contribution in [0.15, 0.2) is 24.4 Å². The molecule has 6 heteroatoms. The highest BCUT2D eigenvalue weighted by Crippen LogP contribution is 2.18. The molecule has 2 N–H and O–H groups in total. The van der Waals surface area contributed by atoms with Gasteiger partial charge in [0.1, 0.15) is 4.88 Å². The molecule has 2 aromatic rings. The van der Waals surface area contributed by atoms with Crippen LogP contribution in [-0.2, 0) is 0 Å². The molecule has 0 atom stereocenters. The van der Waals surface area contributed by atoms with E-state index in [9.17, 15) is 4.79 Å². The third kappa shape index (κ3) is 3.63. The number of nitrogens with zero attached hydrogens (tertiary/aromatic N) is 2. The number of amides is 1. The number of anilines is 1. The van der Waals surface area contributed by atoms with E-state index in [2.05, 4.69) is 26.7 Å². The second-order valence-corrected chi connectivity index (χ2v) is 4.83. The lowest BCUT2D eigenvalue weighted by Gasteiger charge is -2.07. The molecule has 2 rings (SSSR count). The Bertz CT molecular complexity index is 657. The molecule has 0 unspecified atom stereocenters. The first-order chi connectivity index (χ1) is 9.70. The molecule has 0 saturated carbocycles. The summed E-state index contributed by atoms with van der Waals surface area (Å²) in [6, 6.07) is 5.58. The molecule has 1 heterocycles. The van der Waals surface area contributed by atoms with Crippen LogP contribution in [0.25, 0.3) is 0 Å². The van der Waals surface area contributed by atoms with Crippen molar-refractivity contribution >= 4 is 23.1 Å². The summed E-state index contributed by atoms with van der Waals surface area (Å²) in [6.45, 7) is 1.95. The fourth-order valence-corrected chi connectivity index (χ4v) is 1.92. The van der Waals surface area contributed by atoms with Gasteiger partial charge in [-0.1, -0.05) is 22.4 Å². The Balaban J connectivity index is 2.17. The van der Waals surface area contributed by atoms with Crippen LogP contribution in [0.5, 0.6) is 0 Å². The Kier molecular flexibility index (Phi) is 4.82. The zero-order valence-corrected chi connectivity index (χ0v) is 11.7. The van der Waals surface area contributed by atoms with Crippen molar-refractivity contribution in [2.45, 2.75) is 13.3 Å². The molecule has 0 aliphatic carbocycles. The highest BCUT2D eigenvalue weighted by molar-refractivity contribution is 7.07. The van der Waals surface area contributed by atoms with E-state index < -0.39 is 0 Å². The first-order valence-corrected chi connectivity index (χ1v) is 6.77. The molecule has 0 aliphatic rings. The Morgan fingerprint density at radius 2 is 2.35 bits per heavy atom. The van der Waals surface area contributed by atoms with E-state index in [0.717, 1.165) is 22.7 Å². The number of hydrogen-bond donors (Lipinski definition) is 2. The van der Waals surface area contributed by atoms with E-state index in [4.69, 9.17) is 5.11 Å². The fraction of sp³-hybridized carbons (Fsp3) is 0.214. The molecule has 20 heavy (non-hydrogen) atoms. The lowest BCUT2D eigenvalue weighted by atomic mass is 10.1. The topological polar surface area (TPSA) is 75.1 Å². The average molecular weight is 287 g/mol. The Morgan fingerprint density at radius 3 is 3.05 bits per heavy atom. The quantitative estimate of drug-likeness (QED) is 0.845. The summed E-state index contributed by atoms with van der Waals surface area (Å²) in [5, 5.41) is 15.2. The minimum absolute atomic E-state index is 0.0425. The molecule has 0 saturated heterocycles. The maximum absolute atomic E-state index is 11.9. The van der Waals surface area contributed by atoms with Crippen molar-refractivity contribution in [1.82, 2.24) is 9.59 Å². The molecule has 0 bridgehead atoms. The number of aromatic nitrogens is 2. The zero-order valence-electron chi connectivity index (χ0n) is 10.9. The highest BCUT2D eigenvalue weighted by atomic mass is 32.1. The summed E-state index contributed by atoms with van der Waals surface area (Å²) in [5.74, 6) is 5.55. The van der Waals surface area contributed by atoms with E-state index in [-0.39, 0.29) is 12.5 Å². The van der Waals surface area contributed by atoms with Gasteiger partial charge in [0.05, 0.1) is 12.8 Å². The van der Waals surface area contributed by atoms with Gasteiger partial charge in [0.2, 0.25) is 0 Å². The standard InChI is InChI=1S/C14H13N3O2S/c1-10-5-6-11(4-2-3-7-18)8-12(10)16-14(19)13-9-15-17-20-13/h5-6,8-9,18H,3,7H2,1H3,(H,16,19). The number of aliphatic hydroxyl groups excluding tert-OH is 1. The third-order valence-electron chi connectivity index (χ3n) is 2.54. The lowest BCUT2D eigenvalue weighted by molar-refractivity contribution is 0.103. The Hall–Kier alpha value is -2.23. The van der Waals surface area contributed by atoms with Gasteiger partial charge in [-0.25, -0.2) is 0 Å². The van der Waals surface area contributed by atoms with Crippen LogP contribution in [0.2, 0.25) is 0 Å². The zero-order chi connectivity index (χ0) is 14.4. The maximum Gasteiger partial charge on any atom is 0.269 e. The predicted octanol–water partition coefficient (Wildman–Crippen LogP) is 1.83. The number of rotatable bonds is 3. The maximum atomic E-state index is 11.9. The third-order valence-corrected chi connectivity index (χ3v) is 3.20. The van der Waals surface area contributed by atoms with Crippen LogP contribution in [0.3, 0.4) is 0 Å². The van der Waals surface area contributed by atoms with Crippen LogP contribution in [0.4, 0.5) is 5.69 Å². The summed E-state index contributed by atoms with van der Waals surface area (Å²) < 4.78 is 3.66. The van der Waals surface area contributed by atoms with E-state index in [0.29, 0.717) is 17.0 Å². The summed E-state index contributed by atoms with van der Waals surface area (Å²) >= 11 is 1.05. The molecule has 5 nitrogen and oxygen atoms in total. The first-order valence-electron chi connectivity index (χ1n) is 6.00. The van der Waals surface area contributed by atoms with Crippen molar-refractivity contribution in [1.29, 1.82) is 0 Å². The van der Waals surface area contributed by atoms with Crippen molar-refractivity contribution in [2.75, 3.05) is 11.9 Å². The molecule has 102 valence electrons.